The average molecular weight is 347 g/mol. The van der Waals surface area contributed by atoms with Gasteiger partial charge in [-0.05, 0) is 12.1 Å². The summed E-state index contributed by atoms with van der Waals surface area (Å²) in [5, 5.41) is 6.20. The van der Waals surface area contributed by atoms with E-state index in [9.17, 15) is 9.59 Å². The molecular formula is C20H17N3O3. The number of pyridine rings is 1. The quantitative estimate of drug-likeness (QED) is 0.760. The van der Waals surface area contributed by atoms with Gasteiger partial charge >= 0.3 is 6.09 Å². The van der Waals surface area contributed by atoms with Gasteiger partial charge in [-0.15, -0.1) is 0 Å². The third-order valence-electron chi connectivity index (χ3n) is 4.27. The molecule has 1 aliphatic rings. The van der Waals surface area contributed by atoms with E-state index in [1.54, 1.807) is 6.07 Å². The molecule has 6 heteroatoms. The zero-order valence-electron chi connectivity index (χ0n) is 13.9. The maximum Gasteiger partial charge on any atom is 0.407 e. The first kappa shape index (κ1) is 16.1. The van der Waals surface area contributed by atoms with Gasteiger partial charge in [0, 0.05) is 10.9 Å². The summed E-state index contributed by atoms with van der Waals surface area (Å²) in [6, 6.07) is 19.1. The Balaban J connectivity index is 1.66. The maximum atomic E-state index is 12.8. The highest BCUT2D eigenvalue weighted by atomic mass is 16.6. The van der Waals surface area contributed by atoms with Gasteiger partial charge in [0.2, 0.25) is 0 Å². The monoisotopic (exact) mass is 347 g/mol. The third kappa shape index (κ3) is 3.21. The molecule has 130 valence electrons. The number of nitrogens with zero attached hydrogens (tertiary/aromatic N) is 1. The number of para-hydroxylation sites is 1. The van der Waals surface area contributed by atoms with Crippen LogP contribution in [0, 0.1) is 0 Å². The average Bonchev–Trinajstić information content (AvgIpc) is 3.11. The molecule has 2 heterocycles. The van der Waals surface area contributed by atoms with Crippen molar-refractivity contribution in [2.45, 2.75) is 6.10 Å². The number of nitrogens with one attached hydrogen (secondary N) is 2. The molecular weight excluding hydrogens is 330 g/mol. The number of rotatable bonds is 4. The summed E-state index contributed by atoms with van der Waals surface area (Å²) in [5.74, 6) is -0.219. The minimum Gasteiger partial charge on any atom is -0.442 e. The number of benzene rings is 2. The number of amides is 2. The van der Waals surface area contributed by atoms with Gasteiger partial charge in [-0.25, -0.2) is 9.78 Å². The molecule has 3 aromatic rings. The van der Waals surface area contributed by atoms with Crippen LogP contribution in [0.4, 0.5) is 4.79 Å². The topological polar surface area (TPSA) is 80.3 Å². The Bertz CT molecular complexity index is 972. The lowest BCUT2D eigenvalue weighted by Crippen LogP contribution is -2.34. The van der Waals surface area contributed by atoms with Gasteiger partial charge in [-0.2, -0.15) is 0 Å². The van der Waals surface area contributed by atoms with Crippen LogP contribution in [0.15, 0.2) is 60.7 Å². The van der Waals surface area contributed by atoms with Crippen molar-refractivity contribution < 1.29 is 14.3 Å². The van der Waals surface area contributed by atoms with Crippen LogP contribution < -0.4 is 10.6 Å². The van der Waals surface area contributed by atoms with Gasteiger partial charge in [0.25, 0.3) is 5.91 Å². The summed E-state index contributed by atoms with van der Waals surface area (Å²) >= 11 is 0. The maximum absolute atomic E-state index is 12.8. The van der Waals surface area contributed by atoms with Crippen molar-refractivity contribution >= 4 is 22.9 Å². The fourth-order valence-electron chi connectivity index (χ4n) is 2.97. The van der Waals surface area contributed by atoms with Crippen molar-refractivity contribution in [2.75, 3.05) is 13.1 Å². The highest BCUT2D eigenvalue weighted by Gasteiger charge is 2.23. The number of hydrogen-bond donors (Lipinski definition) is 2. The second-order valence-corrected chi connectivity index (χ2v) is 6.06. The normalized spacial score (nSPS) is 16.2. The molecule has 1 atom stereocenters. The molecule has 0 aliphatic carbocycles. The third-order valence-corrected chi connectivity index (χ3v) is 4.27. The number of aromatic nitrogens is 1. The minimum atomic E-state index is -0.454. The zero-order valence-corrected chi connectivity index (χ0v) is 13.9. The molecule has 1 saturated heterocycles. The lowest BCUT2D eigenvalue weighted by molar-refractivity contribution is 0.0917. The molecule has 6 nitrogen and oxygen atoms in total. The molecule has 0 radical (unpaired) electrons. The van der Waals surface area contributed by atoms with Crippen LogP contribution in [0.2, 0.25) is 0 Å². The molecule has 2 aromatic carbocycles. The molecule has 1 fully saturated rings. The number of carbonyl (C=O) groups is 2. The van der Waals surface area contributed by atoms with E-state index in [1.807, 2.05) is 54.6 Å². The summed E-state index contributed by atoms with van der Waals surface area (Å²) in [6.07, 6.45) is -0.807. The molecule has 0 spiro atoms. The lowest BCUT2D eigenvalue weighted by atomic mass is 10.0. The van der Waals surface area contributed by atoms with Gasteiger partial charge in [0.1, 0.15) is 6.10 Å². The van der Waals surface area contributed by atoms with Gasteiger partial charge < -0.3 is 15.4 Å². The van der Waals surface area contributed by atoms with Crippen molar-refractivity contribution in [3.05, 3.63) is 66.2 Å². The Morgan fingerprint density at radius 2 is 1.92 bits per heavy atom. The summed E-state index contributed by atoms with van der Waals surface area (Å²) < 4.78 is 5.05. The standard InChI is InChI=1S/C20H17N3O3/c24-19(21-11-14-12-22-20(25)26-14)16-10-18(13-6-2-1-3-7-13)23-17-9-5-4-8-15(16)17/h1-10,14H,11-12H2,(H,21,24)(H,22,25). The number of fused-ring (bicyclic) bond motifs is 1. The first-order chi connectivity index (χ1) is 12.7. The SMILES string of the molecule is O=C1NCC(CNC(=O)c2cc(-c3ccccc3)nc3ccccc23)O1. The van der Waals surface area contributed by atoms with E-state index in [1.165, 1.54) is 0 Å². The fourth-order valence-corrected chi connectivity index (χ4v) is 2.97. The van der Waals surface area contributed by atoms with Crippen molar-refractivity contribution in [2.24, 2.45) is 0 Å². The Hall–Kier alpha value is -3.41. The van der Waals surface area contributed by atoms with Crippen LogP contribution in [0.1, 0.15) is 10.4 Å². The number of cyclic esters (lactones) is 1. The fraction of sp³-hybridized carbons (Fsp3) is 0.150. The first-order valence-corrected chi connectivity index (χ1v) is 8.38. The Labute approximate surface area is 150 Å². The highest BCUT2D eigenvalue weighted by molar-refractivity contribution is 6.07. The summed E-state index contributed by atoms with van der Waals surface area (Å²) in [4.78, 5) is 28.5. The number of ether oxygens (including phenoxy) is 1. The van der Waals surface area contributed by atoms with Gasteiger partial charge in [-0.1, -0.05) is 48.5 Å². The van der Waals surface area contributed by atoms with Crippen LogP contribution >= 0.6 is 0 Å². The van der Waals surface area contributed by atoms with E-state index in [-0.39, 0.29) is 18.6 Å². The van der Waals surface area contributed by atoms with Crippen LogP contribution in [-0.4, -0.2) is 36.2 Å². The van der Waals surface area contributed by atoms with E-state index in [4.69, 9.17) is 4.74 Å². The molecule has 1 aromatic heterocycles. The van der Waals surface area contributed by atoms with E-state index in [0.717, 1.165) is 22.2 Å². The number of alkyl carbamates (subject to hydrolysis) is 1. The summed E-state index contributed by atoms with van der Waals surface area (Å²) in [6.45, 7) is 0.653. The predicted octanol–water partition coefficient (Wildman–Crippen LogP) is 2.74. The van der Waals surface area contributed by atoms with Crippen LogP contribution in [0.25, 0.3) is 22.2 Å². The molecule has 1 unspecified atom stereocenters. The van der Waals surface area contributed by atoms with Crippen molar-refractivity contribution in [3.63, 3.8) is 0 Å². The van der Waals surface area contributed by atoms with Crippen molar-refractivity contribution in [1.82, 2.24) is 15.6 Å². The molecule has 2 amide bonds. The number of carbonyl (C=O) groups excluding carboxylic acids is 2. The van der Waals surface area contributed by atoms with E-state index in [0.29, 0.717) is 12.1 Å². The minimum absolute atomic E-state index is 0.219. The highest BCUT2D eigenvalue weighted by Crippen LogP contribution is 2.24. The second kappa shape index (κ2) is 6.84. The predicted molar refractivity (Wildman–Crippen MR) is 97.8 cm³/mol. The Morgan fingerprint density at radius 1 is 1.15 bits per heavy atom. The molecule has 0 bridgehead atoms. The molecule has 2 N–H and O–H groups in total. The smallest absolute Gasteiger partial charge is 0.407 e. The lowest BCUT2D eigenvalue weighted by Gasteiger charge is -2.12. The van der Waals surface area contributed by atoms with E-state index < -0.39 is 6.09 Å². The molecule has 0 saturated carbocycles. The summed E-state index contributed by atoms with van der Waals surface area (Å²) in [5.41, 5.74) is 2.99. The van der Waals surface area contributed by atoms with Gasteiger partial charge in [0.05, 0.1) is 29.9 Å². The van der Waals surface area contributed by atoms with Gasteiger partial charge in [-0.3, -0.25) is 4.79 Å². The number of hydrogen-bond acceptors (Lipinski definition) is 4. The van der Waals surface area contributed by atoms with Crippen LogP contribution in [-0.2, 0) is 4.74 Å². The largest absolute Gasteiger partial charge is 0.442 e. The van der Waals surface area contributed by atoms with E-state index >= 15 is 0 Å². The van der Waals surface area contributed by atoms with Gasteiger partial charge in [0.15, 0.2) is 0 Å². The van der Waals surface area contributed by atoms with Crippen molar-refractivity contribution in [3.8, 4) is 11.3 Å². The Morgan fingerprint density at radius 3 is 2.69 bits per heavy atom. The molecule has 1 aliphatic heterocycles. The first-order valence-electron chi connectivity index (χ1n) is 8.38. The second-order valence-electron chi connectivity index (χ2n) is 6.06. The van der Waals surface area contributed by atoms with E-state index in [2.05, 4.69) is 15.6 Å². The zero-order chi connectivity index (χ0) is 17.9. The van der Waals surface area contributed by atoms with Crippen LogP contribution in [0.3, 0.4) is 0 Å². The Kier molecular flexibility index (Phi) is 4.23. The van der Waals surface area contributed by atoms with Crippen LogP contribution in [0.5, 0.6) is 0 Å². The molecule has 4 rings (SSSR count). The van der Waals surface area contributed by atoms with Crippen molar-refractivity contribution in [1.29, 1.82) is 0 Å². The summed E-state index contributed by atoms with van der Waals surface area (Å²) in [7, 11) is 0. The molecule has 26 heavy (non-hydrogen) atoms.